The Hall–Kier alpha value is -2.11. The van der Waals surface area contributed by atoms with E-state index in [4.69, 9.17) is 10.9 Å². The molecular weight excluding hydrogens is 187 g/mol. The molecule has 0 radical (unpaired) electrons. The Labute approximate surface area is 78.1 Å². The summed E-state index contributed by atoms with van der Waals surface area (Å²) in [6.07, 6.45) is 1.38. The summed E-state index contributed by atoms with van der Waals surface area (Å²) < 4.78 is 13.3. The van der Waals surface area contributed by atoms with Gasteiger partial charge in [-0.1, -0.05) is 5.16 Å². The van der Waals surface area contributed by atoms with E-state index in [1.165, 1.54) is 6.33 Å². The zero-order chi connectivity index (χ0) is 10.1. The third-order valence-electron chi connectivity index (χ3n) is 1.88. The van der Waals surface area contributed by atoms with Crippen LogP contribution in [0.15, 0.2) is 23.6 Å². The smallest absolute Gasteiger partial charge is 0.170 e. The Morgan fingerprint density at radius 3 is 3.07 bits per heavy atom. The quantitative estimate of drug-likeness (QED) is 0.271. The van der Waals surface area contributed by atoms with Crippen LogP contribution in [0.2, 0.25) is 0 Å². The van der Waals surface area contributed by atoms with Gasteiger partial charge in [0.1, 0.15) is 5.52 Å². The van der Waals surface area contributed by atoms with E-state index in [-0.39, 0.29) is 11.4 Å². The van der Waals surface area contributed by atoms with E-state index in [9.17, 15) is 4.39 Å². The highest BCUT2D eigenvalue weighted by molar-refractivity contribution is 5.99. The average molecular weight is 194 g/mol. The lowest BCUT2D eigenvalue weighted by atomic mass is 10.2. The van der Waals surface area contributed by atoms with Crippen LogP contribution in [0, 0.1) is 5.82 Å². The van der Waals surface area contributed by atoms with Gasteiger partial charge in [-0.05, 0) is 12.1 Å². The first-order chi connectivity index (χ1) is 6.72. The number of H-pyrrole nitrogens is 1. The summed E-state index contributed by atoms with van der Waals surface area (Å²) in [6.45, 7) is 0. The number of benzene rings is 1. The van der Waals surface area contributed by atoms with E-state index in [1.807, 2.05) is 0 Å². The van der Waals surface area contributed by atoms with Gasteiger partial charge in [0, 0.05) is 5.56 Å². The van der Waals surface area contributed by atoms with Crippen LogP contribution in [0.4, 0.5) is 4.39 Å². The molecule has 2 rings (SSSR count). The van der Waals surface area contributed by atoms with Crippen molar-refractivity contribution in [1.82, 2.24) is 9.97 Å². The zero-order valence-electron chi connectivity index (χ0n) is 7.03. The molecule has 0 fully saturated rings. The molecule has 0 spiro atoms. The number of hydrogen-bond donors (Lipinski definition) is 3. The van der Waals surface area contributed by atoms with Crippen molar-refractivity contribution in [2.24, 2.45) is 10.9 Å². The molecule has 6 heteroatoms. The number of nitrogens with one attached hydrogen (secondary N) is 1. The van der Waals surface area contributed by atoms with E-state index >= 15 is 0 Å². The van der Waals surface area contributed by atoms with Gasteiger partial charge in [-0.3, -0.25) is 0 Å². The molecule has 0 aliphatic carbocycles. The van der Waals surface area contributed by atoms with Crippen molar-refractivity contribution in [3.63, 3.8) is 0 Å². The summed E-state index contributed by atoms with van der Waals surface area (Å²) in [5.74, 6) is -0.647. The minimum atomic E-state index is -0.509. The van der Waals surface area contributed by atoms with Crippen LogP contribution in [-0.4, -0.2) is 21.0 Å². The standard InChI is InChI=1S/C8H7FN4O/c9-5-1-4(8(10)13-14)2-6-7(5)12-3-11-6/h1-3,14H,(H2,10,13)(H,11,12). The second-order valence-electron chi connectivity index (χ2n) is 2.74. The van der Waals surface area contributed by atoms with Gasteiger partial charge < -0.3 is 15.9 Å². The van der Waals surface area contributed by atoms with Crippen molar-refractivity contribution in [1.29, 1.82) is 0 Å². The number of halogens is 1. The van der Waals surface area contributed by atoms with Crippen LogP contribution in [-0.2, 0) is 0 Å². The van der Waals surface area contributed by atoms with E-state index in [0.29, 0.717) is 11.1 Å². The summed E-state index contributed by atoms with van der Waals surface area (Å²) >= 11 is 0. The molecule has 1 aromatic heterocycles. The summed E-state index contributed by atoms with van der Waals surface area (Å²) in [4.78, 5) is 6.51. The van der Waals surface area contributed by atoms with Gasteiger partial charge in [0.05, 0.1) is 11.8 Å². The van der Waals surface area contributed by atoms with Gasteiger partial charge in [0.15, 0.2) is 11.7 Å². The number of amidine groups is 1. The van der Waals surface area contributed by atoms with Crippen LogP contribution in [0.3, 0.4) is 0 Å². The zero-order valence-corrected chi connectivity index (χ0v) is 7.03. The number of imidazole rings is 1. The number of nitrogens with zero attached hydrogens (tertiary/aromatic N) is 2. The molecule has 0 unspecified atom stereocenters. The van der Waals surface area contributed by atoms with Crippen molar-refractivity contribution in [3.05, 3.63) is 29.8 Å². The molecule has 72 valence electrons. The van der Waals surface area contributed by atoms with Crippen LogP contribution < -0.4 is 5.73 Å². The number of fused-ring (bicyclic) bond motifs is 1. The van der Waals surface area contributed by atoms with E-state index in [1.54, 1.807) is 6.07 Å². The van der Waals surface area contributed by atoms with Crippen LogP contribution >= 0.6 is 0 Å². The molecule has 1 aromatic carbocycles. The summed E-state index contributed by atoms with van der Waals surface area (Å²) in [7, 11) is 0. The maximum absolute atomic E-state index is 13.3. The molecule has 0 saturated carbocycles. The maximum Gasteiger partial charge on any atom is 0.170 e. The van der Waals surface area contributed by atoms with Gasteiger partial charge in [0.25, 0.3) is 0 Å². The first kappa shape index (κ1) is 8.49. The maximum atomic E-state index is 13.3. The third kappa shape index (κ3) is 1.17. The number of rotatable bonds is 1. The first-order valence-electron chi connectivity index (χ1n) is 3.83. The van der Waals surface area contributed by atoms with Crippen LogP contribution in [0.1, 0.15) is 5.56 Å². The van der Waals surface area contributed by atoms with Gasteiger partial charge in [-0.15, -0.1) is 0 Å². The van der Waals surface area contributed by atoms with E-state index in [2.05, 4.69) is 15.1 Å². The SMILES string of the molecule is N/C(=N\O)c1cc(F)c2nc[nH]c2c1. The molecule has 0 amide bonds. The first-order valence-corrected chi connectivity index (χ1v) is 3.83. The number of aromatic amines is 1. The predicted octanol–water partition coefficient (Wildman–Crippen LogP) is 0.796. The minimum absolute atomic E-state index is 0.139. The van der Waals surface area contributed by atoms with Gasteiger partial charge in [-0.2, -0.15) is 0 Å². The molecular formula is C8H7FN4O. The molecule has 0 aliphatic heterocycles. The Kier molecular flexibility index (Phi) is 1.81. The lowest BCUT2D eigenvalue weighted by Crippen LogP contribution is -2.13. The molecule has 1 heterocycles. The number of oxime groups is 1. The summed E-state index contributed by atoms with van der Waals surface area (Å²) in [5, 5.41) is 11.2. The summed E-state index contributed by atoms with van der Waals surface area (Å²) in [5.41, 5.74) is 6.37. The number of nitrogens with two attached hydrogens (primary N) is 1. The van der Waals surface area contributed by atoms with Crippen molar-refractivity contribution in [2.45, 2.75) is 0 Å². The number of aromatic nitrogens is 2. The predicted molar refractivity (Wildman–Crippen MR) is 48.6 cm³/mol. The minimum Gasteiger partial charge on any atom is -0.409 e. The molecule has 0 bridgehead atoms. The molecule has 0 saturated heterocycles. The molecule has 0 aliphatic rings. The van der Waals surface area contributed by atoms with Crippen molar-refractivity contribution in [3.8, 4) is 0 Å². The van der Waals surface area contributed by atoms with Crippen LogP contribution in [0.25, 0.3) is 11.0 Å². The molecule has 14 heavy (non-hydrogen) atoms. The fourth-order valence-corrected chi connectivity index (χ4v) is 1.21. The highest BCUT2D eigenvalue weighted by atomic mass is 19.1. The fraction of sp³-hybridized carbons (Fsp3) is 0. The normalized spacial score (nSPS) is 12.2. The Bertz CT molecular complexity index is 505. The lowest BCUT2D eigenvalue weighted by molar-refractivity contribution is 0.318. The second kappa shape index (κ2) is 2.99. The van der Waals surface area contributed by atoms with Gasteiger partial charge in [0.2, 0.25) is 0 Å². The highest BCUT2D eigenvalue weighted by Crippen LogP contribution is 2.15. The second-order valence-corrected chi connectivity index (χ2v) is 2.74. The largest absolute Gasteiger partial charge is 0.409 e. The summed E-state index contributed by atoms with van der Waals surface area (Å²) in [6, 6.07) is 2.72. The fourth-order valence-electron chi connectivity index (χ4n) is 1.21. The number of hydrogen-bond acceptors (Lipinski definition) is 3. The Balaban J connectivity index is 2.70. The lowest BCUT2D eigenvalue weighted by Gasteiger charge is -1.98. The van der Waals surface area contributed by atoms with Crippen LogP contribution in [0.5, 0.6) is 0 Å². The molecule has 0 atom stereocenters. The molecule has 4 N–H and O–H groups in total. The van der Waals surface area contributed by atoms with Crippen molar-refractivity contribution >= 4 is 16.9 Å². The van der Waals surface area contributed by atoms with Gasteiger partial charge >= 0.3 is 0 Å². The Morgan fingerprint density at radius 2 is 2.36 bits per heavy atom. The van der Waals surface area contributed by atoms with E-state index in [0.717, 1.165) is 6.07 Å². The molecule has 5 nitrogen and oxygen atoms in total. The Morgan fingerprint density at radius 1 is 1.57 bits per heavy atom. The highest BCUT2D eigenvalue weighted by Gasteiger charge is 2.08. The average Bonchev–Trinajstić information content (AvgIpc) is 2.64. The third-order valence-corrected chi connectivity index (χ3v) is 1.88. The molecule has 2 aromatic rings. The van der Waals surface area contributed by atoms with Gasteiger partial charge in [-0.25, -0.2) is 9.37 Å². The monoisotopic (exact) mass is 194 g/mol. The van der Waals surface area contributed by atoms with Crippen molar-refractivity contribution < 1.29 is 9.60 Å². The van der Waals surface area contributed by atoms with Crippen molar-refractivity contribution in [2.75, 3.05) is 0 Å². The van der Waals surface area contributed by atoms with E-state index < -0.39 is 5.82 Å². The topological polar surface area (TPSA) is 87.3 Å².